The van der Waals surface area contributed by atoms with E-state index < -0.39 is 6.10 Å². The normalized spacial score (nSPS) is 16.4. The smallest absolute Gasteiger partial charge is 0.292 e. The molecule has 1 aliphatic heterocycles. The van der Waals surface area contributed by atoms with Crippen LogP contribution >= 0.6 is 11.3 Å². The van der Waals surface area contributed by atoms with Gasteiger partial charge in [-0.05, 0) is 35.7 Å². The van der Waals surface area contributed by atoms with Gasteiger partial charge in [-0.25, -0.2) is 0 Å². The standard InChI is InChI=1S/C22H20N2O3S/c1-4-11-24-16-10-9-15(14(2)3)12-20(16)28-22(24)23-21(25)19-13-26-17-7-5-6-8-18(17)27-19/h1,5-10,12,14,19H,11,13H2,2-3H3. The highest BCUT2D eigenvalue weighted by atomic mass is 32.1. The van der Waals surface area contributed by atoms with E-state index in [4.69, 9.17) is 15.9 Å². The average molecular weight is 392 g/mol. The van der Waals surface area contributed by atoms with Gasteiger partial charge in [-0.15, -0.1) is 6.42 Å². The zero-order valence-electron chi connectivity index (χ0n) is 15.7. The summed E-state index contributed by atoms with van der Waals surface area (Å²) in [5.41, 5.74) is 2.21. The Kier molecular flexibility index (Phi) is 4.93. The van der Waals surface area contributed by atoms with Gasteiger partial charge in [0.2, 0.25) is 6.10 Å². The first-order valence-corrected chi connectivity index (χ1v) is 9.92. The lowest BCUT2D eigenvalue weighted by Gasteiger charge is -2.23. The fourth-order valence-corrected chi connectivity index (χ4v) is 4.17. The Labute approximate surface area is 167 Å². The summed E-state index contributed by atoms with van der Waals surface area (Å²) in [4.78, 5) is 17.7. The molecule has 6 heteroatoms. The second kappa shape index (κ2) is 7.53. The van der Waals surface area contributed by atoms with Crippen molar-refractivity contribution in [3.05, 3.63) is 52.8 Å². The molecule has 0 saturated carbocycles. The molecule has 0 aliphatic carbocycles. The molecule has 2 heterocycles. The van der Waals surface area contributed by atoms with E-state index in [0.717, 1.165) is 10.2 Å². The number of carbonyl (C=O) groups is 1. The quantitative estimate of drug-likeness (QED) is 0.638. The minimum Gasteiger partial charge on any atom is -0.485 e. The van der Waals surface area contributed by atoms with Crippen LogP contribution in [0.4, 0.5) is 0 Å². The first kappa shape index (κ1) is 18.3. The number of nitrogens with zero attached hydrogens (tertiary/aromatic N) is 2. The van der Waals surface area contributed by atoms with Gasteiger partial charge in [0.15, 0.2) is 16.3 Å². The molecule has 0 radical (unpaired) electrons. The number of fused-ring (bicyclic) bond motifs is 2. The SMILES string of the molecule is C#CCn1c(=NC(=O)C2COc3ccccc3O2)sc2cc(C(C)C)ccc21. The number of ether oxygens (including phenoxy) is 2. The van der Waals surface area contributed by atoms with Crippen LogP contribution in [0.25, 0.3) is 10.2 Å². The number of para-hydroxylation sites is 2. The third kappa shape index (κ3) is 3.41. The van der Waals surface area contributed by atoms with Crippen molar-refractivity contribution in [2.24, 2.45) is 4.99 Å². The average Bonchev–Trinajstić information content (AvgIpc) is 3.04. The molecule has 1 amide bonds. The Morgan fingerprint density at radius 1 is 1.32 bits per heavy atom. The molecule has 1 atom stereocenters. The summed E-state index contributed by atoms with van der Waals surface area (Å²) in [5.74, 6) is 3.88. The fraction of sp³-hybridized carbons (Fsp3) is 0.273. The van der Waals surface area contributed by atoms with Gasteiger partial charge in [0.25, 0.3) is 5.91 Å². The number of hydrogen-bond acceptors (Lipinski definition) is 4. The first-order valence-electron chi connectivity index (χ1n) is 9.10. The van der Waals surface area contributed by atoms with Crippen molar-refractivity contribution >= 4 is 27.5 Å². The summed E-state index contributed by atoms with van der Waals surface area (Å²) in [6, 6.07) is 13.6. The maximum atomic E-state index is 12.8. The number of aromatic nitrogens is 1. The Hall–Kier alpha value is -3.04. The molecule has 1 unspecified atom stereocenters. The molecule has 1 aliphatic rings. The molecule has 2 aromatic carbocycles. The van der Waals surface area contributed by atoms with E-state index in [1.165, 1.54) is 16.9 Å². The van der Waals surface area contributed by atoms with Crippen molar-refractivity contribution in [1.29, 1.82) is 0 Å². The van der Waals surface area contributed by atoms with Crippen LogP contribution in [0.2, 0.25) is 0 Å². The van der Waals surface area contributed by atoms with E-state index in [0.29, 0.717) is 28.8 Å². The van der Waals surface area contributed by atoms with Crippen LogP contribution in [0.15, 0.2) is 47.5 Å². The van der Waals surface area contributed by atoms with Gasteiger partial charge < -0.3 is 14.0 Å². The highest BCUT2D eigenvalue weighted by Gasteiger charge is 2.27. The number of rotatable bonds is 3. The van der Waals surface area contributed by atoms with Crippen LogP contribution in [0.1, 0.15) is 25.3 Å². The van der Waals surface area contributed by atoms with E-state index >= 15 is 0 Å². The first-order chi connectivity index (χ1) is 13.6. The van der Waals surface area contributed by atoms with Crippen LogP contribution in [0.5, 0.6) is 11.5 Å². The number of thiazole rings is 1. The van der Waals surface area contributed by atoms with Gasteiger partial charge in [-0.2, -0.15) is 4.99 Å². The third-order valence-corrected chi connectivity index (χ3v) is 5.65. The number of terminal acetylenes is 1. The molecule has 1 aromatic heterocycles. The Morgan fingerprint density at radius 2 is 2.11 bits per heavy atom. The molecule has 28 heavy (non-hydrogen) atoms. The van der Waals surface area contributed by atoms with Crippen molar-refractivity contribution in [3.63, 3.8) is 0 Å². The van der Waals surface area contributed by atoms with Gasteiger partial charge in [0.05, 0.1) is 16.8 Å². The summed E-state index contributed by atoms with van der Waals surface area (Å²) in [6.45, 7) is 4.78. The van der Waals surface area contributed by atoms with Crippen molar-refractivity contribution in [1.82, 2.24) is 4.57 Å². The summed E-state index contributed by atoms with van der Waals surface area (Å²) in [7, 11) is 0. The van der Waals surface area contributed by atoms with E-state index in [1.54, 1.807) is 6.07 Å². The van der Waals surface area contributed by atoms with Crippen LogP contribution in [0.3, 0.4) is 0 Å². The van der Waals surface area contributed by atoms with Crippen LogP contribution < -0.4 is 14.3 Å². The Bertz CT molecular complexity index is 1150. The number of carbonyl (C=O) groups excluding carboxylic acids is 1. The molecule has 0 fully saturated rings. The van der Waals surface area contributed by atoms with E-state index in [-0.39, 0.29) is 12.5 Å². The van der Waals surface area contributed by atoms with E-state index in [2.05, 4.69) is 36.9 Å². The van der Waals surface area contributed by atoms with Gasteiger partial charge in [-0.3, -0.25) is 4.79 Å². The zero-order chi connectivity index (χ0) is 19.7. The molecule has 5 nitrogen and oxygen atoms in total. The molecule has 0 N–H and O–H groups in total. The molecular formula is C22H20N2O3S. The summed E-state index contributed by atoms with van der Waals surface area (Å²) >= 11 is 1.46. The lowest BCUT2D eigenvalue weighted by Crippen LogP contribution is -2.36. The largest absolute Gasteiger partial charge is 0.485 e. The van der Waals surface area contributed by atoms with Crippen LogP contribution in [-0.2, 0) is 11.3 Å². The summed E-state index contributed by atoms with van der Waals surface area (Å²) in [6.07, 6.45) is 4.77. The summed E-state index contributed by atoms with van der Waals surface area (Å²) in [5, 5.41) is 0. The maximum absolute atomic E-state index is 12.8. The second-order valence-electron chi connectivity index (χ2n) is 6.87. The monoisotopic (exact) mass is 392 g/mol. The Balaban J connectivity index is 1.71. The maximum Gasteiger partial charge on any atom is 0.292 e. The van der Waals surface area contributed by atoms with E-state index in [9.17, 15) is 4.79 Å². The zero-order valence-corrected chi connectivity index (χ0v) is 16.5. The number of benzene rings is 2. The third-order valence-electron chi connectivity index (χ3n) is 4.61. The Morgan fingerprint density at radius 3 is 2.86 bits per heavy atom. The highest BCUT2D eigenvalue weighted by molar-refractivity contribution is 7.16. The predicted molar refractivity (Wildman–Crippen MR) is 110 cm³/mol. The van der Waals surface area contributed by atoms with Crippen molar-refractivity contribution in [3.8, 4) is 23.8 Å². The van der Waals surface area contributed by atoms with Gasteiger partial charge in [0.1, 0.15) is 6.61 Å². The minimum absolute atomic E-state index is 0.136. The lowest BCUT2D eigenvalue weighted by molar-refractivity contribution is -0.127. The second-order valence-corrected chi connectivity index (χ2v) is 7.88. The molecule has 3 aromatic rings. The highest BCUT2D eigenvalue weighted by Crippen LogP contribution is 2.31. The van der Waals surface area contributed by atoms with Crippen molar-refractivity contribution in [2.45, 2.75) is 32.4 Å². The van der Waals surface area contributed by atoms with Crippen LogP contribution in [0, 0.1) is 12.3 Å². The van der Waals surface area contributed by atoms with Crippen molar-refractivity contribution in [2.75, 3.05) is 6.61 Å². The van der Waals surface area contributed by atoms with Gasteiger partial charge >= 0.3 is 0 Å². The van der Waals surface area contributed by atoms with E-state index in [1.807, 2.05) is 28.8 Å². The molecule has 0 spiro atoms. The summed E-state index contributed by atoms with van der Waals surface area (Å²) < 4.78 is 14.4. The van der Waals surface area contributed by atoms with Gasteiger partial charge in [0, 0.05) is 0 Å². The molecule has 0 bridgehead atoms. The molecular weight excluding hydrogens is 372 g/mol. The molecule has 142 valence electrons. The van der Waals surface area contributed by atoms with Crippen molar-refractivity contribution < 1.29 is 14.3 Å². The minimum atomic E-state index is -0.773. The van der Waals surface area contributed by atoms with Crippen LogP contribution in [-0.4, -0.2) is 23.2 Å². The van der Waals surface area contributed by atoms with Gasteiger partial charge in [-0.1, -0.05) is 49.3 Å². The fourth-order valence-electron chi connectivity index (χ4n) is 3.09. The number of amides is 1. The number of hydrogen-bond donors (Lipinski definition) is 0. The predicted octanol–water partition coefficient (Wildman–Crippen LogP) is 3.73. The molecule has 0 saturated heterocycles. The molecule has 4 rings (SSSR count). The lowest BCUT2D eigenvalue weighted by atomic mass is 10.0. The topological polar surface area (TPSA) is 52.8 Å².